The van der Waals surface area contributed by atoms with Gasteiger partial charge in [-0.05, 0) is 30.1 Å². The molecule has 0 saturated heterocycles. The van der Waals surface area contributed by atoms with E-state index in [1.807, 2.05) is 0 Å². The summed E-state index contributed by atoms with van der Waals surface area (Å²) in [7, 11) is 1.47. The Kier molecular flexibility index (Phi) is 1.19. The molecule has 4 bridgehead atoms. The van der Waals surface area contributed by atoms with Crippen molar-refractivity contribution in [2.45, 2.75) is 11.8 Å². The van der Waals surface area contributed by atoms with Crippen molar-refractivity contribution >= 4 is 17.6 Å². The fourth-order valence-electron chi connectivity index (χ4n) is 3.52. The number of hydrogen-bond donors (Lipinski definition) is 0. The van der Waals surface area contributed by atoms with Crippen LogP contribution in [0, 0.1) is 29.6 Å². The number of carbonyl (C=O) groups excluding carboxylic acids is 1. The summed E-state index contributed by atoms with van der Waals surface area (Å²) in [5.74, 6) is 2.55. The van der Waals surface area contributed by atoms with Crippen LogP contribution in [-0.4, -0.2) is 18.5 Å². The van der Waals surface area contributed by atoms with Gasteiger partial charge in [-0.25, -0.2) is 0 Å². The smallest absolute Gasteiger partial charge is 0.309 e. The van der Waals surface area contributed by atoms with Crippen LogP contribution in [0.25, 0.3) is 0 Å². The zero-order valence-electron chi connectivity index (χ0n) is 6.87. The first-order valence-corrected chi connectivity index (χ1v) is 4.91. The van der Waals surface area contributed by atoms with Crippen molar-refractivity contribution < 1.29 is 9.53 Å². The normalized spacial score (nSPS) is 58.8. The van der Waals surface area contributed by atoms with Gasteiger partial charge in [0, 0.05) is 5.38 Å². The van der Waals surface area contributed by atoms with Crippen LogP contribution in [0.1, 0.15) is 6.42 Å². The number of esters is 1. The lowest BCUT2D eigenvalue weighted by Crippen LogP contribution is -2.22. The van der Waals surface area contributed by atoms with Crippen LogP contribution in [0.5, 0.6) is 0 Å². The molecule has 4 fully saturated rings. The molecule has 6 atom stereocenters. The average molecular weight is 187 g/mol. The molecule has 0 aromatic rings. The maximum atomic E-state index is 11.4. The Morgan fingerprint density at radius 3 is 2.50 bits per heavy atom. The van der Waals surface area contributed by atoms with Gasteiger partial charge in [0.1, 0.15) is 0 Å². The molecule has 0 aliphatic heterocycles. The number of rotatable bonds is 1. The van der Waals surface area contributed by atoms with Gasteiger partial charge in [0.15, 0.2) is 0 Å². The summed E-state index contributed by atoms with van der Waals surface area (Å²) in [4.78, 5) is 11.4. The summed E-state index contributed by atoms with van der Waals surface area (Å²) in [6.45, 7) is 0. The number of carbonyl (C=O) groups is 1. The van der Waals surface area contributed by atoms with Crippen LogP contribution in [0.4, 0.5) is 0 Å². The largest absolute Gasteiger partial charge is 0.469 e. The zero-order valence-corrected chi connectivity index (χ0v) is 7.62. The Morgan fingerprint density at radius 2 is 2.17 bits per heavy atom. The number of alkyl halides is 1. The summed E-state index contributed by atoms with van der Waals surface area (Å²) in [6.07, 6.45) is 1.17. The van der Waals surface area contributed by atoms with Crippen molar-refractivity contribution in [2.24, 2.45) is 29.6 Å². The third-order valence-electron chi connectivity index (χ3n) is 3.96. The zero-order chi connectivity index (χ0) is 8.46. The van der Waals surface area contributed by atoms with E-state index in [9.17, 15) is 4.79 Å². The minimum Gasteiger partial charge on any atom is -0.469 e. The van der Waals surface area contributed by atoms with E-state index < -0.39 is 0 Å². The fourth-order valence-corrected chi connectivity index (χ4v) is 4.14. The monoisotopic (exact) mass is 186 g/mol. The number of methoxy groups -OCH3 is 1. The molecule has 66 valence electrons. The van der Waals surface area contributed by atoms with Gasteiger partial charge in [-0.1, -0.05) is 0 Å². The highest BCUT2D eigenvalue weighted by Gasteiger charge is 2.75. The molecule has 0 N–H and O–H groups in total. The van der Waals surface area contributed by atoms with Crippen molar-refractivity contribution in [3.8, 4) is 0 Å². The molecule has 3 heteroatoms. The summed E-state index contributed by atoms with van der Waals surface area (Å²) < 4.78 is 4.78. The number of hydrogen-bond acceptors (Lipinski definition) is 2. The molecule has 4 aliphatic carbocycles. The van der Waals surface area contributed by atoms with Crippen molar-refractivity contribution in [3.05, 3.63) is 0 Å². The van der Waals surface area contributed by atoms with Crippen LogP contribution in [0.15, 0.2) is 0 Å². The minimum atomic E-state index is -0.0295. The van der Waals surface area contributed by atoms with Gasteiger partial charge < -0.3 is 4.74 Å². The van der Waals surface area contributed by atoms with E-state index in [2.05, 4.69) is 0 Å². The molecule has 2 nitrogen and oxygen atoms in total. The topological polar surface area (TPSA) is 26.3 Å². The quantitative estimate of drug-likeness (QED) is 0.456. The first kappa shape index (κ1) is 7.19. The highest BCUT2D eigenvalue weighted by molar-refractivity contribution is 6.22. The van der Waals surface area contributed by atoms with Gasteiger partial charge in [-0.2, -0.15) is 0 Å². The standard InChI is InChI=1S/C9H11ClO2/c1-12-9(11)7-4-2-3-5(7)6(3)8(4)10/h3-8H,2H2,1H3/t3-,4+,5?,6?,7+,8+/m1/s1. The second-order valence-electron chi connectivity index (χ2n) is 4.21. The molecule has 0 aromatic carbocycles. The van der Waals surface area contributed by atoms with Gasteiger partial charge >= 0.3 is 5.97 Å². The Labute approximate surface area is 76.2 Å². The molecule has 4 saturated carbocycles. The molecule has 0 heterocycles. The Bertz CT molecular complexity index is 253. The van der Waals surface area contributed by atoms with Crippen molar-refractivity contribution in [2.75, 3.05) is 7.11 Å². The van der Waals surface area contributed by atoms with Crippen LogP contribution in [-0.2, 0) is 9.53 Å². The molecule has 2 unspecified atom stereocenters. The van der Waals surface area contributed by atoms with Gasteiger partial charge in [0.25, 0.3) is 0 Å². The molecule has 0 radical (unpaired) electrons. The van der Waals surface area contributed by atoms with Crippen LogP contribution >= 0.6 is 11.6 Å². The van der Waals surface area contributed by atoms with Crippen molar-refractivity contribution in [1.29, 1.82) is 0 Å². The second-order valence-corrected chi connectivity index (χ2v) is 4.72. The Morgan fingerprint density at radius 1 is 1.42 bits per heavy atom. The predicted molar refractivity (Wildman–Crippen MR) is 43.7 cm³/mol. The SMILES string of the molecule is COC(=O)[C@@H]1C2C3[C@@H]2C[C@@H]1[C@@H]3Cl. The maximum absolute atomic E-state index is 11.4. The van der Waals surface area contributed by atoms with Crippen LogP contribution < -0.4 is 0 Å². The highest BCUT2D eigenvalue weighted by Crippen LogP contribution is 2.74. The summed E-state index contributed by atoms with van der Waals surface area (Å²) in [6, 6.07) is 0. The van der Waals surface area contributed by atoms with E-state index in [1.165, 1.54) is 13.5 Å². The van der Waals surface area contributed by atoms with E-state index in [1.54, 1.807) is 0 Å². The highest BCUT2D eigenvalue weighted by atomic mass is 35.5. The molecule has 4 aliphatic rings. The Hall–Kier alpha value is -0.240. The van der Waals surface area contributed by atoms with E-state index in [0.717, 1.165) is 5.92 Å². The van der Waals surface area contributed by atoms with Gasteiger partial charge in [-0.3, -0.25) is 4.79 Å². The molecule has 12 heavy (non-hydrogen) atoms. The number of halogens is 1. The predicted octanol–water partition coefficient (Wildman–Crippen LogP) is 1.28. The van der Waals surface area contributed by atoms with Gasteiger partial charge in [0.2, 0.25) is 0 Å². The fraction of sp³-hybridized carbons (Fsp3) is 0.889. The molecular weight excluding hydrogens is 176 g/mol. The van der Waals surface area contributed by atoms with Gasteiger partial charge in [0.05, 0.1) is 13.0 Å². The van der Waals surface area contributed by atoms with Crippen LogP contribution in [0.3, 0.4) is 0 Å². The van der Waals surface area contributed by atoms with Crippen molar-refractivity contribution in [1.82, 2.24) is 0 Å². The van der Waals surface area contributed by atoms with E-state index in [4.69, 9.17) is 16.3 Å². The van der Waals surface area contributed by atoms with Crippen molar-refractivity contribution in [3.63, 3.8) is 0 Å². The summed E-state index contributed by atoms with van der Waals surface area (Å²) >= 11 is 6.18. The molecule has 4 rings (SSSR count). The third-order valence-corrected chi connectivity index (χ3v) is 4.58. The second kappa shape index (κ2) is 1.98. The molecule has 0 amide bonds. The average Bonchev–Trinajstić information content (AvgIpc) is 2.42. The Balaban J connectivity index is 1.89. The van der Waals surface area contributed by atoms with E-state index in [-0.39, 0.29) is 17.3 Å². The number of ether oxygens (including phenoxy) is 1. The van der Waals surface area contributed by atoms with Crippen LogP contribution in [0.2, 0.25) is 0 Å². The lowest BCUT2D eigenvalue weighted by Gasteiger charge is -2.13. The van der Waals surface area contributed by atoms with E-state index in [0.29, 0.717) is 17.8 Å². The third kappa shape index (κ3) is 0.586. The summed E-state index contributed by atoms with van der Waals surface area (Å²) in [5.41, 5.74) is 0. The van der Waals surface area contributed by atoms with Gasteiger partial charge in [-0.15, -0.1) is 11.6 Å². The maximum Gasteiger partial charge on any atom is 0.309 e. The molecular formula is C9H11ClO2. The molecule has 0 aromatic heterocycles. The minimum absolute atomic E-state index is 0.0295. The lowest BCUT2D eigenvalue weighted by atomic mass is 9.98. The first-order chi connectivity index (χ1) is 5.75. The summed E-state index contributed by atoms with van der Waals surface area (Å²) in [5, 5.41) is 0.268. The van der Waals surface area contributed by atoms with E-state index >= 15 is 0 Å². The first-order valence-electron chi connectivity index (χ1n) is 4.47. The molecule has 0 spiro atoms. The lowest BCUT2D eigenvalue weighted by molar-refractivity contribution is -0.146.